The number of nitrogens with one attached hydrogen (secondary N) is 1. The van der Waals surface area contributed by atoms with E-state index >= 15 is 0 Å². The molecule has 20 heavy (non-hydrogen) atoms. The SMILES string of the molecule is CC(=O)Nc1ccc(OC(=O)C(O)C(O)C(=O)O)cc1. The highest BCUT2D eigenvalue weighted by molar-refractivity contribution is 5.89. The summed E-state index contributed by atoms with van der Waals surface area (Å²) in [6.45, 7) is 1.33. The molecule has 0 saturated carbocycles. The van der Waals surface area contributed by atoms with Crippen LogP contribution < -0.4 is 10.1 Å². The highest BCUT2D eigenvalue weighted by atomic mass is 16.6. The Morgan fingerprint density at radius 2 is 1.65 bits per heavy atom. The number of amides is 1. The number of aliphatic hydroxyl groups excluding tert-OH is 2. The van der Waals surface area contributed by atoms with Crippen LogP contribution >= 0.6 is 0 Å². The molecule has 0 bridgehead atoms. The van der Waals surface area contributed by atoms with Crippen LogP contribution in [-0.4, -0.2) is 45.4 Å². The van der Waals surface area contributed by atoms with Gasteiger partial charge in [-0.05, 0) is 24.3 Å². The zero-order chi connectivity index (χ0) is 15.3. The number of hydrogen-bond acceptors (Lipinski definition) is 6. The fourth-order valence-electron chi connectivity index (χ4n) is 1.25. The molecule has 8 nitrogen and oxygen atoms in total. The molecule has 0 aliphatic rings. The van der Waals surface area contributed by atoms with Gasteiger partial charge in [-0.2, -0.15) is 0 Å². The number of rotatable bonds is 5. The van der Waals surface area contributed by atoms with Crippen molar-refractivity contribution in [2.24, 2.45) is 0 Å². The zero-order valence-corrected chi connectivity index (χ0v) is 10.4. The second kappa shape index (κ2) is 6.64. The fourth-order valence-corrected chi connectivity index (χ4v) is 1.25. The lowest BCUT2D eigenvalue weighted by atomic mass is 10.2. The molecule has 1 aromatic rings. The first-order valence-corrected chi connectivity index (χ1v) is 5.49. The Balaban J connectivity index is 2.66. The standard InChI is InChI=1S/C12H13NO7/c1-6(14)13-7-2-4-8(5-3-7)20-12(19)10(16)9(15)11(17)18/h2-5,9-10,15-16H,1H3,(H,13,14)(H,17,18). The molecule has 1 aromatic carbocycles. The molecule has 0 aliphatic carbocycles. The molecular weight excluding hydrogens is 270 g/mol. The van der Waals surface area contributed by atoms with Crippen LogP contribution in [0.2, 0.25) is 0 Å². The minimum Gasteiger partial charge on any atom is -0.479 e. The summed E-state index contributed by atoms with van der Waals surface area (Å²) in [5, 5.41) is 29.1. The van der Waals surface area contributed by atoms with Gasteiger partial charge >= 0.3 is 11.9 Å². The molecule has 108 valence electrons. The largest absolute Gasteiger partial charge is 0.479 e. The number of carbonyl (C=O) groups excluding carboxylic acids is 2. The maximum absolute atomic E-state index is 11.4. The first-order chi connectivity index (χ1) is 9.31. The van der Waals surface area contributed by atoms with E-state index in [1.54, 1.807) is 0 Å². The van der Waals surface area contributed by atoms with E-state index < -0.39 is 24.1 Å². The van der Waals surface area contributed by atoms with Crippen molar-refractivity contribution in [1.82, 2.24) is 0 Å². The predicted octanol–water partition coefficient (Wildman–Crippen LogP) is -0.643. The number of aliphatic carboxylic acids is 1. The van der Waals surface area contributed by atoms with Crippen molar-refractivity contribution in [3.8, 4) is 5.75 Å². The van der Waals surface area contributed by atoms with Crippen LogP contribution in [0.3, 0.4) is 0 Å². The number of aliphatic hydroxyl groups is 2. The lowest BCUT2D eigenvalue weighted by molar-refractivity contribution is -0.164. The molecule has 1 amide bonds. The number of carboxylic acids is 1. The first kappa shape index (κ1) is 15.6. The third-order valence-electron chi connectivity index (χ3n) is 2.19. The van der Waals surface area contributed by atoms with E-state index in [4.69, 9.17) is 10.2 Å². The highest BCUT2D eigenvalue weighted by Crippen LogP contribution is 2.16. The van der Waals surface area contributed by atoms with Crippen LogP contribution in [0.5, 0.6) is 5.75 Å². The van der Waals surface area contributed by atoms with Gasteiger partial charge in [-0.3, -0.25) is 4.79 Å². The smallest absolute Gasteiger partial charge is 0.343 e. The first-order valence-electron chi connectivity index (χ1n) is 5.49. The van der Waals surface area contributed by atoms with Crippen molar-refractivity contribution < 1.29 is 34.4 Å². The van der Waals surface area contributed by atoms with Gasteiger partial charge in [-0.15, -0.1) is 0 Å². The highest BCUT2D eigenvalue weighted by Gasteiger charge is 2.31. The lowest BCUT2D eigenvalue weighted by Crippen LogP contribution is -2.41. The van der Waals surface area contributed by atoms with Crippen LogP contribution in [0.25, 0.3) is 0 Å². The topological polar surface area (TPSA) is 133 Å². The number of ether oxygens (including phenoxy) is 1. The van der Waals surface area contributed by atoms with E-state index in [9.17, 15) is 19.5 Å². The molecule has 0 fully saturated rings. The van der Waals surface area contributed by atoms with Crippen molar-refractivity contribution >= 4 is 23.5 Å². The quantitative estimate of drug-likeness (QED) is 0.417. The number of esters is 1. The van der Waals surface area contributed by atoms with Gasteiger partial charge in [-0.1, -0.05) is 0 Å². The number of carboxylic acid groups (broad SMARTS) is 1. The van der Waals surface area contributed by atoms with Crippen molar-refractivity contribution in [2.45, 2.75) is 19.1 Å². The molecule has 0 heterocycles. The van der Waals surface area contributed by atoms with E-state index in [0.29, 0.717) is 5.69 Å². The Hall–Kier alpha value is -2.45. The summed E-state index contributed by atoms with van der Waals surface area (Å²) in [4.78, 5) is 32.5. The van der Waals surface area contributed by atoms with Gasteiger partial charge in [0.05, 0.1) is 0 Å². The monoisotopic (exact) mass is 283 g/mol. The van der Waals surface area contributed by atoms with Gasteiger partial charge in [-0.25, -0.2) is 9.59 Å². The average molecular weight is 283 g/mol. The Kier molecular flexibility index (Phi) is 5.18. The van der Waals surface area contributed by atoms with Crippen LogP contribution in [0, 0.1) is 0 Å². The van der Waals surface area contributed by atoms with Crippen molar-refractivity contribution in [2.75, 3.05) is 5.32 Å². The summed E-state index contributed by atoms with van der Waals surface area (Å²) in [6, 6.07) is 5.57. The Labute approximate surface area is 113 Å². The van der Waals surface area contributed by atoms with E-state index in [1.807, 2.05) is 0 Å². The van der Waals surface area contributed by atoms with Crippen molar-refractivity contribution in [3.05, 3.63) is 24.3 Å². The summed E-state index contributed by atoms with van der Waals surface area (Å²) < 4.78 is 4.68. The molecule has 0 aliphatic heterocycles. The second-order valence-electron chi connectivity index (χ2n) is 3.85. The zero-order valence-electron chi connectivity index (χ0n) is 10.4. The van der Waals surface area contributed by atoms with Gasteiger partial charge in [0.25, 0.3) is 0 Å². The van der Waals surface area contributed by atoms with E-state index in [2.05, 4.69) is 10.1 Å². The van der Waals surface area contributed by atoms with Gasteiger partial charge in [0, 0.05) is 12.6 Å². The molecule has 0 radical (unpaired) electrons. The Morgan fingerprint density at radius 3 is 2.10 bits per heavy atom. The van der Waals surface area contributed by atoms with Crippen LogP contribution in [-0.2, 0) is 14.4 Å². The molecule has 2 unspecified atom stereocenters. The summed E-state index contributed by atoms with van der Waals surface area (Å²) >= 11 is 0. The molecule has 4 N–H and O–H groups in total. The van der Waals surface area contributed by atoms with E-state index in [-0.39, 0.29) is 11.7 Å². The molecule has 0 aromatic heterocycles. The number of benzene rings is 1. The van der Waals surface area contributed by atoms with Crippen molar-refractivity contribution in [1.29, 1.82) is 0 Å². The third-order valence-corrected chi connectivity index (χ3v) is 2.19. The lowest BCUT2D eigenvalue weighted by Gasteiger charge is -2.13. The number of anilines is 1. The Bertz CT molecular complexity index is 511. The average Bonchev–Trinajstić information content (AvgIpc) is 2.38. The van der Waals surface area contributed by atoms with Crippen molar-refractivity contribution in [3.63, 3.8) is 0 Å². The number of carbonyl (C=O) groups is 3. The third kappa shape index (κ3) is 4.34. The normalized spacial score (nSPS) is 13.2. The molecule has 0 saturated heterocycles. The minimum absolute atomic E-state index is 0.0285. The minimum atomic E-state index is -2.26. The van der Waals surface area contributed by atoms with Gasteiger partial charge in [0.2, 0.25) is 5.91 Å². The van der Waals surface area contributed by atoms with Crippen LogP contribution in [0.15, 0.2) is 24.3 Å². The fraction of sp³-hybridized carbons (Fsp3) is 0.250. The summed E-state index contributed by atoms with van der Waals surface area (Å²) in [5.41, 5.74) is 0.475. The van der Waals surface area contributed by atoms with Crippen LogP contribution in [0.4, 0.5) is 5.69 Å². The van der Waals surface area contributed by atoms with Gasteiger partial charge in [0.15, 0.2) is 12.2 Å². The second-order valence-corrected chi connectivity index (χ2v) is 3.85. The molecule has 8 heteroatoms. The van der Waals surface area contributed by atoms with Crippen LogP contribution in [0.1, 0.15) is 6.92 Å². The molecule has 0 spiro atoms. The summed E-state index contributed by atoms with van der Waals surface area (Å²) in [7, 11) is 0. The molecular formula is C12H13NO7. The summed E-state index contributed by atoms with van der Waals surface area (Å²) in [6.07, 6.45) is -4.45. The maximum Gasteiger partial charge on any atom is 0.343 e. The predicted molar refractivity (Wildman–Crippen MR) is 66.0 cm³/mol. The maximum atomic E-state index is 11.4. The summed E-state index contributed by atoms with van der Waals surface area (Å²) in [5.74, 6) is -3.28. The van der Waals surface area contributed by atoms with Gasteiger partial charge in [0.1, 0.15) is 5.75 Å². The van der Waals surface area contributed by atoms with E-state index in [0.717, 1.165) is 0 Å². The molecule has 2 atom stereocenters. The number of hydrogen-bond donors (Lipinski definition) is 4. The van der Waals surface area contributed by atoms with E-state index in [1.165, 1.54) is 31.2 Å². The molecule has 1 rings (SSSR count). The Morgan fingerprint density at radius 1 is 1.10 bits per heavy atom. The van der Waals surface area contributed by atoms with Gasteiger partial charge < -0.3 is 25.4 Å².